The first-order chi connectivity index (χ1) is 14.9. The number of nitrogens with zero attached hydrogens (tertiary/aromatic N) is 6. The van der Waals surface area contributed by atoms with E-state index in [1.165, 1.54) is 35.4 Å². The van der Waals surface area contributed by atoms with Crippen LogP contribution in [-0.2, 0) is 30.2 Å². The largest absolute Gasteiger partial charge is 0.342 e. The molecule has 0 aromatic carbocycles. The third-order valence-corrected chi connectivity index (χ3v) is 6.64. The normalized spacial score (nSPS) is 18.4. The summed E-state index contributed by atoms with van der Waals surface area (Å²) >= 11 is 0. The molecule has 0 radical (unpaired) electrons. The van der Waals surface area contributed by atoms with Crippen LogP contribution in [0.3, 0.4) is 0 Å². The monoisotopic (exact) mass is 430 g/mol. The van der Waals surface area contributed by atoms with Crippen molar-refractivity contribution >= 4 is 23.0 Å². The maximum atomic E-state index is 12.9. The molecule has 0 spiro atoms. The summed E-state index contributed by atoms with van der Waals surface area (Å²) in [6, 6.07) is 0. The van der Waals surface area contributed by atoms with Crippen molar-refractivity contribution in [1.82, 2.24) is 28.5 Å². The average molecular weight is 431 g/mol. The van der Waals surface area contributed by atoms with Crippen LogP contribution >= 0.6 is 0 Å². The molecular formula is C21H30N6O4. The average Bonchev–Trinajstić information content (AvgIpc) is 3.01. The van der Waals surface area contributed by atoms with Gasteiger partial charge in [0.1, 0.15) is 6.54 Å². The topological polar surface area (TPSA) is 102 Å². The number of hydrogen-bond donors (Lipinski definition) is 0. The van der Waals surface area contributed by atoms with Crippen molar-refractivity contribution < 1.29 is 9.59 Å². The van der Waals surface area contributed by atoms with Gasteiger partial charge in [-0.3, -0.25) is 23.5 Å². The number of amides is 2. The number of imidazole rings is 1. The van der Waals surface area contributed by atoms with Crippen LogP contribution < -0.4 is 11.2 Å². The molecule has 168 valence electrons. The molecule has 2 saturated heterocycles. The van der Waals surface area contributed by atoms with Gasteiger partial charge in [0.25, 0.3) is 5.56 Å². The minimum Gasteiger partial charge on any atom is -0.342 e. The number of likely N-dealkylation sites (tertiary alicyclic amines) is 2. The zero-order valence-electron chi connectivity index (χ0n) is 18.2. The Bertz CT molecular complexity index is 1100. The van der Waals surface area contributed by atoms with E-state index in [2.05, 4.69) is 4.98 Å². The molecule has 2 aromatic heterocycles. The van der Waals surface area contributed by atoms with Gasteiger partial charge in [-0.1, -0.05) is 12.8 Å². The summed E-state index contributed by atoms with van der Waals surface area (Å²) in [4.78, 5) is 58.3. The van der Waals surface area contributed by atoms with Gasteiger partial charge in [-0.15, -0.1) is 0 Å². The van der Waals surface area contributed by atoms with Crippen LogP contribution in [0.2, 0.25) is 0 Å². The van der Waals surface area contributed by atoms with E-state index < -0.39 is 11.2 Å². The minimum absolute atomic E-state index is 0.0157. The Morgan fingerprint density at radius 2 is 1.58 bits per heavy atom. The zero-order valence-corrected chi connectivity index (χ0v) is 18.2. The molecule has 0 saturated carbocycles. The molecule has 2 aromatic rings. The Morgan fingerprint density at radius 1 is 0.935 bits per heavy atom. The first-order valence-electron chi connectivity index (χ1n) is 11.1. The molecule has 4 heterocycles. The van der Waals surface area contributed by atoms with Crippen molar-refractivity contribution in [2.75, 3.05) is 26.2 Å². The van der Waals surface area contributed by atoms with Crippen molar-refractivity contribution in [2.24, 2.45) is 20.0 Å². The molecule has 0 N–H and O–H groups in total. The van der Waals surface area contributed by atoms with Crippen LogP contribution in [0.5, 0.6) is 0 Å². The number of hydrogen-bond acceptors (Lipinski definition) is 5. The van der Waals surface area contributed by atoms with E-state index in [1.54, 1.807) is 11.9 Å². The van der Waals surface area contributed by atoms with Gasteiger partial charge in [-0.2, -0.15) is 0 Å². The summed E-state index contributed by atoms with van der Waals surface area (Å²) in [6.07, 6.45) is 7.30. The molecule has 10 heteroatoms. The molecule has 2 aliphatic rings. The van der Waals surface area contributed by atoms with Gasteiger partial charge in [0.2, 0.25) is 11.8 Å². The molecule has 10 nitrogen and oxygen atoms in total. The van der Waals surface area contributed by atoms with Gasteiger partial charge >= 0.3 is 5.69 Å². The highest BCUT2D eigenvalue weighted by atomic mass is 16.2. The molecule has 0 aliphatic carbocycles. The lowest BCUT2D eigenvalue weighted by Gasteiger charge is -2.34. The molecule has 31 heavy (non-hydrogen) atoms. The quantitative estimate of drug-likeness (QED) is 0.686. The summed E-state index contributed by atoms with van der Waals surface area (Å²) in [5.41, 5.74) is -0.415. The van der Waals surface area contributed by atoms with Crippen molar-refractivity contribution in [2.45, 2.75) is 45.1 Å². The van der Waals surface area contributed by atoms with E-state index in [0.29, 0.717) is 25.9 Å². The number of carbonyl (C=O) groups excluding carboxylic acids is 2. The highest BCUT2D eigenvalue weighted by Crippen LogP contribution is 2.22. The van der Waals surface area contributed by atoms with Gasteiger partial charge < -0.3 is 14.4 Å². The molecule has 2 aliphatic heterocycles. The second-order valence-electron chi connectivity index (χ2n) is 8.65. The van der Waals surface area contributed by atoms with Gasteiger partial charge in [0.05, 0.1) is 6.33 Å². The summed E-state index contributed by atoms with van der Waals surface area (Å²) in [6.45, 7) is 2.75. The predicted octanol–water partition coefficient (Wildman–Crippen LogP) is 0.0749. The third-order valence-electron chi connectivity index (χ3n) is 6.64. The second-order valence-corrected chi connectivity index (χ2v) is 8.65. The number of carbonyl (C=O) groups is 2. The van der Waals surface area contributed by atoms with E-state index >= 15 is 0 Å². The fourth-order valence-corrected chi connectivity index (χ4v) is 4.69. The van der Waals surface area contributed by atoms with Gasteiger partial charge in [0, 0.05) is 46.2 Å². The lowest BCUT2D eigenvalue weighted by atomic mass is 9.95. The SMILES string of the molecule is Cn1c(=O)c2c(ncn2CC(=O)N2CCC(C(=O)N3CCCCCC3)CC2)n(C)c1=O. The lowest BCUT2D eigenvalue weighted by molar-refractivity contribution is -0.141. The van der Waals surface area contributed by atoms with Crippen LogP contribution in [0.1, 0.15) is 38.5 Å². The Morgan fingerprint density at radius 3 is 2.23 bits per heavy atom. The molecular weight excluding hydrogens is 400 g/mol. The standard InChI is InChI=1S/C21H30N6O4/c1-23-18-17(20(30)24(2)21(23)31)27(14-22-18)13-16(28)25-11-7-15(8-12-25)19(29)26-9-5-3-4-6-10-26/h14-15H,3-13H2,1-2H3. The van der Waals surface area contributed by atoms with Crippen LogP contribution in [-0.4, -0.2) is 66.5 Å². The minimum atomic E-state index is -0.467. The first-order valence-corrected chi connectivity index (χ1v) is 11.1. The predicted molar refractivity (Wildman–Crippen MR) is 115 cm³/mol. The summed E-state index contributed by atoms with van der Waals surface area (Å²) in [5.74, 6) is 0.105. The fraction of sp³-hybridized carbons (Fsp3) is 0.667. The van der Waals surface area contributed by atoms with Gasteiger partial charge in [-0.05, 0) is 25.7 Å². The van der Waals surface area contributed by atoms with Crippen LogP contribution in [0.25, 0.3) is 11.2 Å². The zero-order chi connectivity index (χ0) is 22.1. The molecule has 4 rings (SSSR count). The van der Waals surface area contributed by atoms with Crippen molar-refractivity contribution in [1.29, 1.82) is 0 Å². The fourth-order valence-electron chi connectivity index (χ4n) is 4.69. The number of rotatable bonds is 3. The Balaban J connectivity index is 1.41. The third kappa shape index (κ3) is 4.03. The maximum absolute atomic E-state index is 12.9. The van der Waals surface area contributed by atoms with E-state index in [-0.39, 0.29) is 35.4 Å². The second kappa shape index (κ2) is 8.68. The Labute approximate surface area is 180 Å². The highest BCUT2D eigenvalue weighted by Gasteiger charge is 2.30. The van der Waals surface area contributed by atoms with Crippen LogP contribution in [0.15, 0.2) is 15.9 Å². The molecule has 0 atom stereocenters. The van der Waals surface area contributed by atoms with Crippen molar-refractivity contribution in [3.05, 3.63) is 27.2 Å². The van der Waals surface area contributed by atoms with Gasteiger partial charge in [0.15, 0.2) is 11.2 Å². The molecule has 0 bridgehead atoms. The van der Waals surface area contributed by atoms with E-state index in [4.69, 9.17) is 0 Å². The number of piperidine rings is 1. The molecule has 0 unspecified atom stereocenters. The van der Waals surface area contributed by atoms with Crippen molar-refractivity contribution in [3.8, 4) is 0 Å². The summed E-state index contributed by atoms with van der Waals surface area (Å²) in [5, 5.41) is 0. The number of aryl methyl sites for hydroxylation is 1. The highest BCUT2D eigenvalue weighted by molar-refractivity contribution is 5.81. The maximum Gasteiger partial charge on any atom is 0.332 e. The molecule has 2 fully saturated rings. The smallest absolute Gasteiger partial charge is 0.332 e. The van der Waals surface area contributed by atoms with E-state index in [1.807, 2.05) is 4.90 Å². The lowest BCUT2D eigenvalue weighted by Crippen LogP contribution is -2.45. The molecule has 2 amide bonds. The van der Waals surface area contributed by atoms with E-state index in [0.717, 1.165) is 30.5 Å². The summed E-state index contributed by atoms with van der Waals surface area (Å²) < 4.78 is 3.83. The number of fused-ring (bicyclic) bond motifs is 1. The van der Waals surface area contributed by atoms with Crippen LogP contribution in [0.4, 0.5) is 0 Å². The van der Waals surface area contributed by atoms with Crippen molar-refractivity contribution in [3.63, 3.8) is 0 Å². The van der Waals surface area contributed by atoms with Gasteiger partial charge in [-0.25, -0.2) is 9.78 Å². The van der Waals surface area contributed by atoms with Crippen LogP contribution in [0, 0.1) is 5.92 Å². The van der Waals surface area contributed by atoms with E-state index in [9.17, 15) is 19.2 Å². The summed E-state index contributed by atoms with van der Waals surface area (Å²) in [7, 11) is 2.96. The Kier molecular flexibility index (Phi) is 5.97. The Hall–Kier alpha value is -2.91. The first kappa shape index (κ1) is 21.3. The number of aromatic nitrogens is 4.